The number of rotatable bonds is 3. The Morgan fingerprint density at radius 3 is 2.73 bits per heavy atom. The minimum absolute atomic E-state index is 0.0205. The van der Waals surface area contributed by atoms with E-state index in [2.05, 4.69) is 15.6 Å². The summed E-state index contributed by atoms with van der Waals surface area (Å²) in [6, 6.07) is 9.92. The Kier molecular flexibility index (Phi) is 3.58. The fraction of sp³-hybridized carbons (Fsp3) is 0.188. The standard InChI is InChI=1S/C16H15FN4O/c1-10-7-14-15(8-11(10)2)21(20-19-14)9-16(22)18-13-6-4-3-5-12(13)17/h3-8H,9H2,1-2H3,(H,18,22). The van der Waals surface area contributed by atoms with E-state index in [1.165, 1.54) is 16.8 Å². The number of hydrogen-bond donors (Lipinski definition) is 1. The first-order chi connectivity index (χ1) is 10.5. The van der Waals surface area contributed by atoms with Crippen molar-refractivity contribution >= 4 is 22.6 Å². The van der Waals surface area contributed by atoms with Crippen molar-refractivity contribution in [3.8, 4) is 0 Å². The topological polar surface area (TPSA) is 59.8 Å². The predicted octanol–water partition coefficient (Wildman–Crippen LogP) is 2.83. The Hall–Kier alpha value is -2.76. The minimum Gasteiger partial charge on any atom is -0.322 e. The van der Waals surface area contributed by atoms with Crippen LogP contribution in [0.5, 0.6) is 0 Å². The molecule has 3 rings (SSSR count). The Morgan fingerprint density at radius 2 is 1.95 bits per heavy atom. The molecule has 0 bridgehead atoms. The first kappa shape index (κ1) is 14.2. The number of carbonyl (C=O) groups excluding carboxylic acids is 1. The number of fused-ring (bicyclic) bond motifs is 1. The minimum atomic E-state index is -0.467. The Labute approximate surface area is 126 Å². The van der Waals surface area contributed by atoms with Crippen LogP contribution in [0.25, 0.3) is 11.0 Å². The fourth-order valence-corrected chi connectivity index (χ4v) is 2.23. The summed E-state index contributed by atoms with van der Waals surface area (Å²) in [5.74, 6) is -0.819. The fourth-order valence-electron chi connectivity index (χ4n) is 2.23. The van der Waals surface area contributed by atoms with Crippen molar-refractivity contribution in [2.24, 2.45) is 0 Å². The van der Waals surface area contributed by atoms with Gasteiger partial charge in [0.2, 0.25) is 5.91 Å². The molecule has 0 aliphatic rings. The van der Waals surface area contributed by atoms with Crippen LogP contribution in [0.1, 0.15) is 11.1 Å². The number of para-hydroxylation sites is 1. The molecule has 6 heteroatoms. The van der Waals surface area contributed by atoms with Crippen LogP contribution < -0.4 is 5.32 Å². The molecule has 1 aromatic heterocycles. The van der Waals surface area contributed by atoms with E-state index < -0.39 is 5.82 Å². The number of carbonyl (C=O) groups is 1. The molecule has 0 unspecified atom stereocenters. The molecule has 0 saturated heterocycles. The van der Waals surface area contributed by atoms with E-state index in [1.807, 2.05) is 26.0 Å². The molecule has 22 heavy (non-hydrogen) atoms. The van der Waals surface area contributed by atoms with Gasteiger partial charge in [-0.15, -0.1) is 5.10 Å². The third kappa shape index (κ3) is 2.67. The first-order valence-electron chi connectivity index (χ1n) is 6.89. The van der Waals surface area contributed by atoms with Crippen molar-refractivity contribution < 1.29 is 9.18 Å². The van der Waals surface area contributed by atoms with E-state index in [0.717, 1.165) is 22.2 Å². The molecule has 0 radical (unpaired) electrons. The molecule has 1 N–H and O–H groups in total. The van der Waals surface area contributed by atoms with Gasteiger partial charge in [0.25, 0.3) is 0 Å². The van der Waals surface area contributed by atoms with Crippen molar-refractivity contribution in [1.82, 2.24) is 15.0 Å². The normalized spacial score (nSPS) is 10.9. The maximum Gasteiger partial charge on any atom is 0.246 e. The van der Waals surface area contributed by atoms with Crippen molar-refractivity contribution in [2.45, 2.75) is 20.4 Å². The smallest absolute Gasteiger partial charge is 0.246 e. The molecule has 0 fully saturated rings. The van der Waals surface area contributed by atoms with Crippen molar-refractivity contribution in [2.75, 3.05) is 5.32 Å². The lowest BCUT2D eigenvalue weighted by Gasteiger charge is -2.07. The Morgan fingerprint density at radius 1 is 1.23 bits per heavy atom. The second-order valence-corrected chi connectivity index (χ2v) is 5.20. The Bertz CT molecular complexity index is 856. The summed E-state index contributed by atoms with van der Waals surface area (Å²) >= 11 is 0. The number of amides is 1. The van der Waals surface area contributed by atoms with Crippen molar-refractivity contribution in [1.29, 1.82) is 0 Å². The lowest BCUT2D eigenvalue weighted by molar-refractivity contribution is -0.116. The molecule has 1 amide bonds. The van der Waals surface area contributed by atoms with Gasteiger partial charge in [0.05, 0.1) is 11.2 Å². The highest BCUT2D eigenvalue weighted by atomic mass is 19.1. The van der Waals surface area contributed by atoms with Crippen LogP contribution in [0.2, 0.25) is 0 Å². The van der Waals surface area contributed by atoms with Crippen molar-refractivity contribution in [3.05, 3.63) is 53.3 Å². The number of nitrogens with zero attached hydrogens (tertiary/aromatic N) is 3. The number of halogens is 1. The quantitative estimate of drug-likeness (QED) is 0.809. The lowest BCUT2D eigenvalue weighted by Crippen LogP contribution is -2.20. The predicted molar refractivity (Wildman–Crippen MR) is 82.0 cm³/mol. The van der Waals surface area contributed by atoms with Crippen LogP contribution in [0, 0.1) is 19.7 Å². The Balaban J connectivity index is 1.83. The lowest BCUT2D eigenvalue weighted by atomic mass is 10.1. The number of nitrogens with one attached hydrogen (secondary N) is 1. The van der Waals surface area contributed by atoms with E-state index in [4.69, 9.17) is 0 Å². The zero-order valence-corrected chi connectivity index (χ0v) is 12.3. The summed E-state index contributed by atoms with van der Waals surface area (Å²) in [6.45, 7) is 3.97. The molecule has 0 aliphatic heterocycles. The number of aromatic nitrogens is 3. The molecule has 2 aromatic carbocycles. The molecule has 5 nitrogen and oxygen atoms in total. The number of benzene rings is 2. The van der Waals surface area contributed by atoms with Crippen LogP contribution in [0.3, 0.4) is 0 Å². The average molecular weight is 298 g/mol. The molecule has 112 valence electrons. The first-order valence-corrected chi connectivity index (χ1v) is 6.89. The maximum atomic E-state index is 13.5. The highest BCUT2D eigenvalue weighted by molar-refractivity contribution is 5.91. The summed E-state index contributed by atoms with van der Waals surface area (Å²) < 4.78 is 15.0. The summed E-state index contributed by atoms with van der Waals surface area (Å²) in [4.78, 5) is 12.1. The van der Waals surface area contributed by atoms with Gasteiger partial charge in [0.15, 0.2) is 0 Å². The van der Waals surface area contributed by atoms with Crippen molar-refractivity contribution in [3.63, 3.8) is 0 Å². The highest BCUT2D eigenvalue weighted by Gasteiger charge is 2.11. The van der Waals surface area contributed by atoms with Crippen LogP contribution in [0.4, 0.5) is 10.1 Å². The highest BCUT2D eigenvalue weighted by Crippen LogP contribution is 2.17. The van der Waals surface area contributed by atoms with Gasteiger partial charge in [0.1, 0.15) is 17.9 Å². The number of anilines is 1. The third-order valence-electron chi connectivity index (χ3n) is 3.57. The third-order valence-corrected chi connectivity index (χ3v) is 3.57. The number of aryl methyl sites for hydroxylation is 2. The van der Waals surface area contributed by atoms with E-state index in [-0.39, 0.29) is 18.1 Å². The van der Waals surface area contributed by atoms with Gasteiger partial charge in [-0.05, 0) is 49.2 Å². The largest absolute Gasteiger partial charge is 0.322 e. The van der Waals surface area contributed by atoms with Crippen LogP contribution in [0.15, 0.2) is 36.4 Å². The van der Waals surface area contributed by atoms with E-state index in [0.29, 0.717) is 0 Å². The maximum absolute atomic E-state index is 13.5. The summed E-state index contributed by atoms with van der Waals surface area (Å²) in [5, 5.41) is 10.6. The van der Waals surface area contributed by atoms with Crippen LogP contribution in [-0.2, 0) is 11.3 Å². The SMILES string of the molecule is Cc1cc2nnn(CC(=O)Nc3ccccc3F)c2cc1C. The van der Waals surface area contributed by atoms with E-state index in [1.54, 1.807) is 12.1 Å². The summed E-state index contributed by atoms with van der Waals surface area (Å²) in [7, 11) is 0. The molecule has 0 spiro atoms. The van der Waals surface area contributed by atoms with Crippen LogP contribution >= 0.6 is 0 Å². The average Bonchev–Trinajstić information content (AvgIpc) is 2.84. The van der Waals surface area contributed by atoms with Gasteiger partial charge in [-0.1, -0.05) is 17.3 Å². The second-order valence-electron chi connectivity index (χ2n) is 5.20. The van der Waals surface area contributed by atoms with Gasteiger partial charge >= 0.3 is 0 Å². The molecule has 3 aromatic rings. The zero-order chi connectivity index (χ0) is 15.7. The van der Waals surface area contributed by atoms with Gasteiger partial charge in [0, 0.05) is 0 Å². The van der Waals surface area contributed by atoms with Gasteiger partial charge in [-0.25, -0.2) is 9.07 Å². The summed E-state index contributed by atoms with van der Waals surface area (Å²) in [5.41, 5.74) is 3.90. The van der Waals surface area contributed by atoms with Gasteiger partial charge in [-0.2, -0.15) is 0 Å². The monoisotopic (exact) mass is 298 g/mol. The summed E-state index contributed by atoms with van der Waals surface area (Å²) in [6.07, 6.45) is 0. The molecular weight excluding hydrogens is 283 g/mol. The zero-order valence-electron chi connectivity index (χ0n) is 12.3. The molecule has 0 atom stereocenters. The van der Waals surface area contributed by atoms with E-state index >= 15 is 0 Å². The molecular formula is C16H15FN4O. The van der Waals surface area contributed by atoms with Gasteiger partial charge < -0.3 is 5.32 Å². The van der Waals surface area contributed by atoms with Gasteiger partial charge in [-0.3, -0.25) is 4.79 Å². The number of hydrogen-bond acceptors (Lipinski definition) is 3. The molecule has 1 heterocycles. The molecule has 0 saturated carbocycles. The van der Waals surface area contributed by atoms with Crippen LogP contribution in [-0.4, -0.2) is 20.9 Å². The second kappa shape index (κ2) is 5.55. The van der Waals surface area contributed by atoms with E-state index in [9.17, 15) is 9.18 Å². The molecule has 0 aliphatic carbocycles.